The first-order valence-corrected chi connectivity index (χ1v) is 14.9. The van der Waals surface area contributed by atoms with Crippen LogP contribution in [-0.2, 0) is 30.7 Å². The van der Waals surface area contributed by atoms with Crippen LogP contribution in [0.1, 0.15) is 25.8 Å². The van der Waals surface area contributed by atoms with Gasteiger partial charge in [0, 0.05) is 13.1 Å². The van der Waals surface area contributed by atoms with Crippen LogP contribution in [0.3, 0.4) is 0 Å². The van der Waals surface area contributed by atoms with Crippen molar-refractivity contribution in [2.75, 3.05) is 33.4 Å². The third kappa shape index (κ3) is 7.36. The maximum atomic E-state index is 13.7. The Bertz CT molecular complexity index is 1230. The normalized spacial score (nSPS) is 22.1. The molecule has 0 bridgehead atoms. The highest BCUT2D eigenvalue weighted by Crippen LogP contribution is 2.33. The largest absolute Gasteiger partial charge is 0.497 e. The smallest absolute Gasteiger partial charge is 0.407 e. The lowest BCUT2D eigenvalue weighted by molar-refractivity contribution is -0.0907. The molecule has 2 aromatic carbocycles. The van der Waals surface area contributed by atoms with Crippen LogP contribution < -0.4 is 10.1 Å². The number of ether oxygens (including phenoxy) is 4. The van der Waals surface area contributed by atoms with E-state index in [2.05, 4.69) is 10.5 Å². The number of methoxy groups -OCH3 is 1. The van der Waals surface area contributed by atoms with E-state index >= 15 is 0 Å². The van der Waals surface area contributed by atoms with Crippen molar-refractivity contribution in [3.8, 4) is 5.75 Å². The van der Waals surface area contributed by atoms with Gasteiger partial charge in [-0.25, -0.2) is 13.2 Å². The van der Waals surface area contributed by atoms with Crippen molar-refractivity contribution in [3.63, 3.8) is 0 Å². The number of fused-ring (bicyclic) bond motifs is 1. The average Bonchev–Trinajstić information content (AvgIpc) is 3.56. The predicted molar refractivity (Wildman–Crippen MR) is 147 cm³/mol. The van der Waals surface area contributed by atoms with Gasteiger partial charge in [-0.3, -0.25) is 0 Å². The molecule has 1 N–H and O–H groups in total. The Morgan fingerprint density at radius 2 is 1.82 bits per heavy atom. The second kappa shape index (κ2) is 13.5. The Morgan fingerprint density at radius 3 is 2.48 bits per heavy atom. The molecule has 0 spiro atoms. The molecule has 0 aliphatic carbocycles. The predicted octanol–water partition coefficient (Wildman–Crippen LogP) is 3.58. The fourth-order valence-electron chi connectivity index (χ4n) is 5.04. The molecule has 0 aromatic heterocycles. The molecule has 2 aromatic rings. The van der Waals surface area contributed by atoms with Crippen LogP contribution in [0.5, 0.6) is 5.75 Å². The lowest BCUT2D eigenvalue weighted by Crippen LogP contribution is -2.51. The number of hydrogen-bond acceptors (Lipinski definition) is 9. The number of nitrogens with zero attached hydrogens (tertiary/aromatic N) is 2. The minimum Gasteiger partial charge on any atom is -0.497 e. The van der Waals surface area contributed by atoms with Crippen molar-refractivity contribution in [2.24, 2.45) is 17.0 Å². The second-order valence-corrected chi connectivity index (χ2v) is 12.4. The number of hydrogen-bond donors (Lipinski definition) is 1. The van der Waals surface area contributed by atoms with Gasteiger partial charge in [0.15, 0.2) is 6.29 Å². The highest BCUT2D eigenvalue weighted by atomic mass is 32.2. The molecule has 1 unspecified atom stereocenters. The van der Waals surface area contributed by atoms with E-state index in [4.69, 9.17) is 18.9 Å². The number of amides is 1. The summed E-state index contributed by atoms with van der Waals surface area (Å²) in [7, 11) is -2.49. The summed E-state index contributed by atoms with van der Waals surface area (Å²) in [6.07, 6.45) is -0.595. The molecule has 2 aliphatic rings. The molecule has 2 aliphatic heterocycles. The fraction of sp³-hybridized carbons (Fsp3) is 0.536. The lowest BCUT2D eigenvalue weighted by atomic mass is 9.99. The van der Waals surface area contributed by atoms with Crippen LogP contribution in [0.4, 0.5) is 4.79 Å². The van der Waals surface area contributed by atoms with Gasteiger partial charge in [0.2, 0.25) is 10.0 Å². The SMILES string of the molecule is COc1ccc(S(=O)(=O)N(CC(C)C)CC(N=O)[C@H](Cc2ccccc2)NC(=O)O[C@H]2CO[C@H]3OCC[C@H]32)cc1. The van der Waals surface area contributed by atoms with E-state index < -0.39 is 34.3 Å². The number of benzene rings is 2. The van der Waals surface area contributed by atoms with Crippen molar-refractivity contribution in [2.45, 2.75) is 56.1 Å². The summed E-state index contributed by atoms with van der Waals surface area (Å²) in [6, 6.07) is 13.4. The van der Waals surface area contributed by atoms with Gasteiger partial charge in [-0.1, -0.05) is 49.4 Å². The number of alkyl carbamates (subject to hydrolysis) is 1. The number of carbonyl (C=O) groups excluding carboxylic acids is 1. The monoisotopic (exact) mass is 575 g/mol. The van der Waals surface area contributed by atoms with Crippen LogP contribution in [0.2, 0.25) is 0 Å². The minimum absolute atomic E-state index is 0.0326. The van der Waals surface area contributed by atoms with Gasteiger partial charge in [-0.2, -0.15) is 9.21 Å². The molecule has 0 saturated carbocycles. The van der Waals surface area contributed by atoms with Gasteiger partial charge in [-0.05, 0) is 48.6 Å². The summed E-state index contributed by atoms with van der Waals surface area (Å²) < 4.78 is 50.5. The molecule has 2 heterocycles. The Balaban J connectivity index is 1.55. The van der Waals surface area contributed by atoms with E-state index in [0.29, 0.717) is 12.4 Å². The third-order valence-electron chi connectivity index (χ3n) is 7.10. The maximum Gasteiger partial charge on any atom is 0.407 e. The molecule has 12 heteroatoms. The van der Waals surface area contributed by atoms with Crippen molar-refractivity contribution in [3.05, 3.63) is 65.1 Å². The quantitative estimate of drug-likeness (QED) is 0.359. The van der Waals surface area contributed by atoms with Gasteiger partial charge in [0.05, 0.1) is 37.2 Å². The zero-order valence-corrected chi connectivity index (χ0v) is 23.8. The van der Waals surface area contributed by atoms with Crippen molar-refractivity contribution in [1.29, 1.82) is 0 Å². The molecular formula is C28H37N3O8S. The topological polar surface area (TPSA) is 133 Å². The second-order valence-electron chi connectivity index (χ2n) is 10.5. The molecule has 5 atom stereocenters. The highest BCUT2D eigenvalue weighted by molar-refractivity contribution is 7.89. The summed E-state index contributed by atoms with van der Waals surface area (Å²) >= 11 is 0. The summed E-state index contributed by atoms with van der Waals surface area (Å²) in [4.78, 5) is 25.4. The first-order valence-electron chi connectivity index (χ1n) is 13.4. The zero-order chi connectivity index (χ0) is 28.7. The number of nitroso groups, excluding NO2 is 1. The van der Waals surface area contributed by atoms with Crippen LogP contribution >= 0.6 is 0 Å². The van der Waals surface area contributed by atoms with Crippen molar-refractivity contribution in [1.82, 2.24) is 9.62 Å². The molecular weight excluding hydrogens is 538 g/mol. The first-order chi connectivity index (χ1) is 19.2. The number of sulfonamides is 1. The standard InChI is InChI=1S/C28H37N3O8S/c1-19(2)16-31(40(34,35)22-11-9-21(36-3)10-12-22)17-25(30-33)24(15-20-7-5-4-6-8-20)29-28(32)39-26-18-38-27-23(26)13-14-37-27/h4-12,19,23-27H,13-18H2,1-3H3,(H,29,32)/t23-,24-,25?,26-,27+/m0/s1. The third-order valence-corrected chi connectivity index (χ3v) is 8.95. The Kier molecular flexibility index (Phi) is 10.1. The molecule has 11 nitrogen and oxygen atoms in total. The molecule has 4 rings (SSSR count). The molecule has 218 valence electrons. The summed E-state index contributed by atoms with van der Waals surface area (Å²) in [5.74, 6) is 0.444. The average molecular weight is 576 g/mol. The Hall–Kier alpha value is -3.06. The van der Waals surface area contributed by atoms with E-state index in [-0.39, 0.29) is 49.1 Å². The summed E-state index contributed by atoms with van der Waals surface area (Å²) in [6.45, 7) is 4.48. The van der Waals surface area contributed by atoms with E-state index in [1.807, 2.05) is 44.2 Å². The summed E-state index contributed by atoms with van der Waals surface area (Å²) in [5, 5.41) is 6.11. The van der Waals surface area contributed by atoms with Gasteiger partial charge in [0.25, 0.3) is 0 Å². The van der Waals surface area contributed by atoms with Crippen LogP contribution in [0, 0.1) is 16.7 Å². The first kappa shape index (κ1) is 29.9. The van der Waals surface area contributed by atoms with Crippen molar-refractivity contribution >= 4 is 16.1 Å². The molecule has 1 amide bonds. The number of carbonyl (C=O) groups is 1. The minimum atomic E-state index is -3.99. The number of rotatable bonds is 13. The van der Waals surface area contributed by atoms with Crippen LogP contribution in [0.15, 0.2) is 64.7 Å². The van der Waals surface area contributed by atoms with E-state index in [1.54, 1.807) is 12.1 Å². The molecule has 2 saturated heterocycles. The molecule has 2 fully saturated rings. The van der Waals surface area contributed by atoms with Gasteiger partial charge in [0.1, 0.15) is 17.9 Å². The van der Waals surface area contributed by atoms with Gasteiger partial charge < -0.3 is 24.3 Å². The van der Waals surface area contributed by atoms with Crippen molar-refractivity contribution < 1.29 is 32.2 Å². The summed E-state index contributed by atoms with van der Waals surface area (Å²) in [5.41, 5.74) is 0.850. The Labute approximate surface area is 235 Å². The van der Waals surface area contributed by atoms with Crippen LogP contribution in [0.25, 0.3) is 0 Å². The van der Waals surface area contributed by atoms with Gasteiger partial charge in [-0.15, -0.1) is 0 Å². The van der Waals surface area contributed by atoms with E-state index in [0.717, 1.165) is 12.0 Å². The lowest BCUT2D eigenvalue weighted by Gasteiger charge is -2.30. The van der Waals surface area contributed by atoms with Crippen LogP contribution in [-0.4, -0.2) is 76.7 Å². The fourth-order valence-corrected chi connectivity index (χ4v) is 6.66. The van der Waals surface area contributed by atoms with E-state index in [9.17, 15) is 18.1 Å². The van der Waals surface area contributed by atoms with E-state index in [1.165, 1.54) is 23.5 Å². The van der Waals surface area contributed by atoms with Gasteiger partial charge >= 0.3 is 6.09 Å². The highest BCUT2D eigenvalue weighted by Gasteiger charge is 2.44. The Morgan fingerprint density at radius 1 is 1.10 bits per heavy atom. The zero-order valence-electron chi connectivity index (χ0n) is 23.0. The number of nitrogens with one attached hydrogen (secondary N) is 1. The maximum absolute atomic E-state index is 13.7. The molecule has 0 radical (unpaired) electrons. The molecule has 40 heavy (non-hydrogen) atoms.